The fourth-order valence-corrected chi connectivity index (χ4v) is 4.31. The lowest BCUT2D eigenvalue weighted by Crippen LogP contribution is -2.44. The normalized spacial score (nSPS) is 23.5. The summed E-state index contributed by atoms with van der Waals surface area (Å²) in [6.45, 7) is 13.5. The van der Waals surface area contributed by atoms with E-state index in [0.717, 1.165) is 70.0 Å². The Morgan fingerprint density at radius 2 is 2.15 bits per heavy atom. The SMILES string of the molecule is Cc1cc(CN2CC(C(=O)NCCC(C)(C)C)C3(CCOCC3)C2)n[nH]1. The van der Waals surface area contributed by atoms with Gasteiger partial charge in [-0.05, 0) is 37.7 Å². The number of nitrogens with zero attached hydrogens (tertiary/aromatic N) is 2. The maximum absolute atomic E-state index is 13.0. The molecule has 0 radical (unpaired) electrons. The smallest absolute Gasteiger partial charge is 0.225 e. The first-order chi connectivity index (χ1) is 12.3. The number of nitrogens with one attached hydrogen (secondary N) is 2. The Balaban J connectivity index is 1.65. The topological polar surface area (TPSA) is 70.2 Å². The van der Waals surface area contributed by atoms with Gasteiger partial charge in [0.05, 0.1) is 11.6 Å². The molecule has 0 saturated carbocycles. The highest BCUT2D eigenvalue weighted by atomic mass is 16.5. The van der Waals surface area contributed by atoms with Crippen LogP contribution in [0.1, 0.15) is 51.4 Å². The number of aromatic amines is 1. The highest BCUT2D eigenvalue weighted by Crippen LogP contribution is 2.44. The van der Waals surface area contributed by atoms with Crippen LogP contribution in [0.15, 0.2) is 6.07 Å². The summed E-state index contributed by atoms with van der Waals surface area (Å²) in [5.74, 6) is 0.267. The molecular weight excluding hydrogens is 328 g/mol. The molecule has 6 heteroatoms. The van der Waals surface area contributed by atoms with E-state index in [4.69, 9.17) is 4.74 Å². The van der Waals surface area contributed by atoms with Crippen LogP contribution in [0.25, 0.3) is 0 Å². The third kappa shape index (κ3) is 4.65. The van der Waals surface area contributed by atoms with Crippen molar-refractivity contribution in [2.75, 3.05) is 32.8 Å². The maximum Gasteiger partial charge on any atom is 0.225 e. The van der Waals surface area contributed by atoms with Gasteiger partial charge in [0.1, 0.15) is 0 Å². The van der Waals surface area contributed by atoms with Crippen molar-refractivity contribution in [3.8, 4) is 0 Å². The van der Waals surface area contributed by atoms with Gasteiger partial charge < -0.3 is 10.1 Å². The van der Waals surface area contributed by atoms with E-state index < -0.39 is 0 Å². The second-order valence-electron chi connectivity index (χ2n) is 9.34. The number of rotatable bonds is 5. The second-order valence-corrected chi connectivity index (χ2v) is 9.34. The largest absolute Gasteiger partial charge is 0.381 e. The van der Waals surface area contributed by atoms with E-state index >= 15 is 0 Å². The Hall–Kier alpha value is -1.40. The molecule has 1 aromatic heterocycles. The van der Waals surface area contributed by atoms with Gasteiger partial charge in [-0.2, -0.15) is 5.10 Å². The number of aryl methyl sites for hydroxylation is 1. The fourth-order valence-electron chi connectivity index (χ4n) is 4.31. The van der Waals surface area contributed by atoms with Gasteiger partial charge in [-0.25, -0.2) is 0 Å². The molecule has 2 aliphatic rings. The van der Waals surface area contributed by atoms with Crippen molar-refractivity contribution >= 4 is 5.91 Å². The van der Waals surface area contributed by atoms with Crippen LogP contribution in [0.4, 0.5) is 0 Å². The summed E-state index contributed by atoms with van der Waals surface area (Å²) in [6, 6.07) is 2.09. The summed E-state index contributed by atoms with van der Waals surface area (Å²) in [4.78, 5) is 15.4. The van der Waals surface area contributed by atoms with Crippen molar-refractivity contribution in [2.45, 2.75) is 53.5 Å². The molecule has 1 amide bonds. The summed E-state index contributed by atoms with van der Waals surface area (Å²) in [7, 11) is 0. The van der Waals surface area contributed by atoms with Crippen molar-refractivity contribution in [1.29, 1.82) is 0 Å². The molecule has 0 aromatic carbocycles. The lowest BCUT2D eigenvalue weighted by Gasteiger charge is -2.37. The van der Waals surface area contributed by atoms with Gasteiger partial charge >= 0.3 is 0 Å². The fraction of sp³-hybridized carbons (Fsp3) is 0.800. The van der Waals surface area contributed by atoms with Crippen molar-refractivity contribution in [3.63, 3.8) is 0 Å². The molecule has 3 rings (SSSR count). The number of H-pyrrole nitrogens is 1. The van der Waals surface area contributed by atoms with Crippen LogP contribution < -0.4 is 5.32 Å². The number of ether oxygens (including phenoxy) is 1. The summed E-state index contributed by atoms with van der Waals surface area (Å²) in [5.41, 5.74) is 2.42. The van der Waals surface area contributed by atoms with E-state index in [0.29, 0.717) is 0 Å². The van der Waals surface area contributed by atoms with E-state index in [9.17, 15) is 4.79 Å². The summed E-state index contributed by atoms with van der Waals surface area (Å²) in [6.07, 6.45) is 2.94. The zero-order valence-electron chi connectivity index (χ0n) is 16.7. The highest BCUT2D eigenvalue weighted by Gasteiger charge is 2.50. The van der Waals surface area contributed by atoms with Crippen LogP contribution >= 0.6 is 0 Å². The number of carbonyl (C=O) groups excluding carboxylic acids is 1. The van der Waals surface area contributed by atoms with Gasteiger partial charge in [-0.1, -0.05) is 20.8 Å². The van der Waals surface area contributed by atoms with Crippen molar-refractivity contribution in [3.05, 3.63) is 17.5 Å². The minimum atomic E-state index is 0.0476. The first-order valence-electron chi connectivity index (χ1n) is 9.86. The van der Waals surface area contributed by atoms with Crippen molar-refractivity contribution < 1.29 is 9.53 Å². The van der Waals surface area contributed by atoms with E-state index in [2.05, 4.69) is 47.3 Å². The lowest BCUT2D eigenvalue weighted by atomic mass is 9.71. The van der Waals surface area contributed by atoms with E-state index in [1.54, 1.807) is 0 Å². The molecule has 146 valence electrons. The Morgan fingerprint density at radius 1 is 1.42 bits per heavy atom. The average molecular weight is 363 g/mol. The van der Waals surface area contributed by atoms with Gasteiger partial charge in [0.15, 0.2) is 0 Å². The zero-order valence-corrected chi connectivity index (χ0v) is 16.7. The predicted octanol–water partition coefficient (Wildman–Crippen LogP) is 2.50. The van der Waals surface area contributed by atoms with Crippen molar-refractivity contribution in [2.24, 2.45) is 16.7 Å². The maximum atomic E-state index is 13.0. The minimum absolute atomic E-state index is 0.0476. The Morgan fingerprint density at radius 3 is 2.77 bits per heavy atom. The molecule has 26 heavy (non-hydrogen) atoms. The summed E-state index contributed by atoms with van der Waals surface area (Å²) >= 11 is 0. The molecule has 2 fully saturated rings. The van der Waals surface area contributed by atoms with Gasteiger partial charge in [-0.3, -0.25) is 14.8 Å². The molecule has 1 unspecified atom stereocenters. The standard InChI is InChI=1S/C20H34N4O2/c1-15-11-16(23-22-15)12-24-13-17(18(25)21-8-5-19(2,3)4)20(14-24)6-9-26-10-7-20/h11,17H,5-10,12-14H2,1-4H3,(H,21,25)(H,22,23). The predicted molar refractivity (Wildman–Crippen MR) is 102 cm³/mol. The minimum Gasteiger partial charge on any atom is -0.381 e. The molecule has 1 aromatic rings. The quantitative estimate of drug-likeness (QED) is 0.844. The number of hydrogen-bond donors (Lipinski definition) is 2. The van der Waals surface area contributed by atoms with E-state index in [-0.39, 0.29) is 22.7 Å². The van der Waals surface area contributed by atoms with Crippen LogP contribution in [0, 0.1) is 23.7 Å². The zero-order chi connectivity index (χ0) is 18.8. The van der Waals surface area contributed by atoms with Gasteiger partial charge in [0.25, 0.3) is 0 Å². The Bertz CT molecular complexity index is 614. The Labute approximate surface area is 157 Å². The first kappa shape index (κ1) is 19.4. The molecule has 1 spiro atoms. The molecule has 2 saturated heterocycles. The number of aromatic nitrogens is 2. The van der Waals surface area contributed by atoms with Crippen LogP contribution in [0.3, 0.4) is 0 Å². The summed E-state index contributed by atoms with van der Waals surface area (Å²) in [5, 5.41) is 10.6. The first-order valence-corrected chi connectivity index (χ1v) is 9.86. The van der Waals surface area contributed by atoms with Crippen molar-refractivity contribution in [1.82, 2.24) is 20.4 Å². The van der Waals surface area contributed by atoms with Gasteiger partial charge in [0, 0.05) is 50.5 Å². The third-order valence-electron chi connectivity index (χ3n) is 5.84. The van der Waals surface area contributed by atoms with Crippen LogP contribution in [-0.4, -0.2) is 53.9 Å². The monoisotopic (exact) mass is 362 g/mol. The number of likely N-dealkylation sites (tertiary alicyclic amines) is 1. The number of carbonyl (C=O) groups is 1. The lowest BCUT2D eigenvalue weighted by molar-refractivity contribution is -0.129. The van der Waals surface area contributed by atoms with E-state index in [1.807, 2.05) is 6.92 Å². The molecule has 6 nitrogen and oxygen atoms in total. The highest BCUT2D eigenvalue weighted by molar-refractivity contribution is 5.80. The summed E-state index contributed by atoms with van der Waals surface area (Å²) < 4.78 is 5.60. The molecule has 2 aliphatic heterocycles. The average Bonchev–Trinajstić information content (AvgIpc) is 3.11. The van der Waals surface area contributed by atoms with Crippen LogP contribution in [-0.2, 0) is 16.1 Å². The number of hydrogen-bond acceptors (Lipinski definition) is 4. The Kier molecular flexibility index (Phi) is 5.72. The van der Waals surface area contributed by atoms with Crippen LogP contribution in [0.2, 0.25) is 0 Å². The molecule has 0 aliphatic carbocycles. The molecule has 3 heterocycles. The molecule has 1 atom stereocenters. The van der Waals surface area contributed by atoms with Gasteiger partial charge in [-0.15, -0.1) is 0 Å². The van der Waals surface area contributed by atoms with Gasteiger partial charge in [0.2, 0.25) is 5.91 Å². The molecule has 2 N–H and O–H groups in total. The number of amides is 1. The molecular formula is C20H34N4O2. The molecule has 0 bridgehead atoms. The third-order valence-corrected chi connectivity index (χ3v) is 5.84. The van der Waals surface area contributed by atoms with Crippen LogP contribution in [0.5, 0.6) is 0 Å². The second kappa shape index (κ2) is 7.69. The van der Waals surface area contributed by atoms with E-state index in [1.165, 1.54) is 0 Å².